The van der Waals surface area contributed by atoms with Gasteiger partial charge in [-0.05, 0) is 25.5 Å². The van der Waals surface area contributed by atoms with Gasteiger partial charge in [-0.3, -0.25) is 4.79 Å². The van der Waals surface area contributed by atoms with E-state index in [2.05, 4.69) is 5.32 Å². The van der Waals surface area contributed by atoms with E-state index >= 15 is 0 Å². The van der Waals surface area contributed by atoms with Crippen LogP contribution >= 0.6 is 23.2 Å². The van der Waals surface area contributed by atoms with Gasteiger partial charge in [0.1, 0.15) is 10.1 Å². The average Bonchev–Trinajstić information content (AvgIpc) is 2.91. The molecule has 1 aromatic rings. The first kappa shape index (κ1) is 12.5. The molecule has 0 saturated heterocycles. The lowest BCUT2D eigenvalue weighted by Gasteiger charge is -2.11. The number of hydrogen-bond donors (Lipinski definition) is 1. The molecule has 0 radical (unpaired) electrons. The summed E-state index contributed by atoms with van der Waals surface area (Å²) in [5.41, 5.74) is 0.649. The van der Waals surface area contributed by atoms with Crippen molar-refractivity contribution in [1.29, 1.82) is 0 Å². The Morgan fingerprint density at radius 2 is 2.18 bits per heavy atom. The van der Waals surface area contributed by atoms with E-state index in [-0.39, 0.29) is 11.8 Å². The molecule has 0 bridgehead atoms. The predicted molar refractivity (Wildman–Crippen MR) is 68.8 cm³/mol. The number of alkyl halides is 2. The summed E-state index contributed by atoms with van der Waals surface area (Å²) < 4.78 is 4.51. The van der Waals surface area contributed by atoms with Crippen molar-refractivity contribution in [3.8, 4) is 5.75 Å². The van der Waals surface area contributed by atoms with Gasteiger partial charge < -0.3 is 10.1 Å². The Morgan fingerprint density at radius 3 is 2.76 bits per heavy atom. The molecule has 0 aliphatic heterocycles. The van der Waals surface area contributed by atoms with Crippen LogP contribution in [0.25, 0.3) is 0 Å². The fourth-order valence-electron chi connectivity index (χ4n) is 1.57. The quantitative estimate of drug-likeness (QED) is 0.856. The smallest absolute Gasteiger partial charge is 0.230 e. The molecule has 1 amide bonds. The van der Waals surface area contributed by atoms with Crippen LogP contribution in [0.5, 0.6) is 5.75 Å². The van der Waals surface area contributed by atoms with E-state index in [1.165, 1.54) is 0 Å². The van der Waals surface area contributed by atoms with Crippen LogP contribution in [-0.2, 0) is 4.79 Å². The van der Waals surface area contributed by atoms with Crippen molar-refractivity contribution in [3.05, 3.63) is 24.3 Å². The summed E-state index contributed by atoms with van der Waals surface area (Å²) in [6.45, 7) is 2.44. The SMILES string of the molecule is CCOc1ccccc1NC(=O)C1CC1(Cl)Cl. The van der Waals surface area contributed by atoms with Crippen LogP contribution in [-0.4, -0.2) is 16.8 Å². The lowest BCUT2D eigenvalue weighted by atomic mass is 10.2. The monoisotopic (exact) mass is 273 g/mol. The van der Waals surface area contributed by atoms with Gasteiger partial charge in [-0.1, -0.05) is 12.1 Å². The number of para-hydroxylation sites is 2. The summed E-state index contributed by atoms with van der Waals surface area (Å²) in [5.74, 6) is 0.154. The number of rotatable bonds is 4. The minimum Gasteiger partial charge on any atom is -0.492 e. The molecule has 1 aromatic carbocycles. The van der Waals surface area contributed by atoms with Gasteiger partial charge in [-0.25, -0.2) is 0 Å². The van der Waals surface area contributed by atoms with Crippen molar-refractivity contribution in [2.75, 3.05) is 11.9 Å². The highest BCUT2D eigenvalue weighted by atomic mass is 35.5. The lowest BCUT2D eigenvalue weighted by molar-refractivity contribution is -0.117. The normalized spacial score (nSPS) is 20.8. The van der Waals surface area contributed by atoms with Crippen molar-refractivity contribution in [3.63, 3.8) is 0 Å². The Morgan fingerprint density at radius 1 is 1.53 bits per heavy atom. The molecule has 92 valence electrons. The molecular weight excluding hydrogens is 261 g/mol. The van der Waals surface area contributed by atoms with Crippen molar-refractivity contribution in [2.24, 2.45) is 5.92 Å². The number of anilines is 1. The number of carbonyl (C=O) groups is 1. The maximum Gasteiger partial charge on any atom is 0.230 e. The number of benzene rings is 1. The van der Waals surface area contributed by atoms with E-state index < -0.39 is 4.33 Å². The average molecular weight is 274 g/mol. The number of amides is 1. The first-order valence-corrected chi connectivity index (χ1v) is 6.20. The van der Waals surface area contributed by atoms with Gasteiger partial charge in [0, 0.05) is 0 Å². The topological polar surface area (TPSA) is 38.3 Å². The van der Waals surface area contributed by atoms with Gasteiger partial charge in [0.2, 0.25) is 5.91 Å². The van der Waals surface area contributed by atoms with Crippen molar-refractivity contribution < 1.29 is 9.53 Å². The Bertz CT molecular complexity index is 434. The van der Waals surface area contributed by atoms with Crippen LogP contribution in [0, 0.1) is 5.92 Å². The van der Waals surface area contributed by atoms with E-state index in [0.717, 1.165) is 0 Å². The van der Waals surface area contributed by atoms with Crippen LogP contribution in [0.2, 0.25) is 0 Å². The second-order valence-electron chi connectivity index (χ2n) is 3.94. The van der Waals surface area contributed by atoms with Crippen LogP contribution < -0.4 is 10.1 Å². The highest BCUT2D eigenvalue weighted by Crippen LogP contribution is 2.53. The molecule has 1 N–H and O–H groups in total. The molecule has 0 aromatic heterocycles. The summed E-state index contributed by atoms with van der Waals surface area (Å²) in [6, 6.07) is 7.28. The molecule has 1 unspecified atom stereocenters. The number of ether oxygens (including phenoxy) is 1. The number of halogens is 2. The third kappa shape index (κ3) is 2.85. The molecule has 0 spiro atoms. The third-order valence-corrected chi connectivity index (χ3v) is 3.42. The van der Waals surface area contributed by atoms with Crippen molar-refractivity contribution in [2.45, 2.75) is 17.7 Å². The molecule has 2 rings (SSSR count). The first-order chi connectivity index (χ1) is 8.04. The molecular formula is C12H13Cl2NO2. The summed E-state index contributed by atoms with van der Waals surface area (Å²) in [5, 5.41) is 2.78. The second kappa shape index (κ2) is 4.75. The van der Waals surface area contributed by atoms with E-state index in [0.29, 0.717) is 24.5 Å². The fraction of sp³-hybridized carbons (Fsp3) is 0.417. The Hall–Kier alpha value is -0.930. The molecule has 1 aliphatic carbocycles. The third-order valence-electron chi connectivity index (χ3n) is 2.59. The fourth-order valence-corrected chi connectivity index (χ4v) is 2.08. The summed E-state index contributed by atoms with van der Waals surface area (Å²) in [4.78, 5) is 11.8. The Kier molecular flexibility index (Phi) is 3.50. The minimum absolute atomic E-state index is 0.165. The maximum atomic E-state index is 11.8. The largest absolute Gasteiger partial charge is 0.492 e. The lowest BCUT2D eigenvalue weighted by Crippen LogP contribution is -2.17. The molecule has 1 fully saturated rings. The number of carbonyl (C=O) groups excluding carboxylic acids is 1. The second-order valence-corrected chi connectivity index (χ2v) is 5.48. The van der Waals surface area contributed by atoms with Crippen LogP contribution in [0.15, 0.2) is 24.3 Å². The molecule has 17 heavy (non-hydrogen) atoms. The first-order valence-electron chi connectivity index (χ1n) is 5.45. The molecule has 5 heteroatoms. The molecule has 1 aliphatic rings. The van der Waals surface area contributed by atoms with E-state index in [1.807, 2.05) is 19.1 Å². The van der Waals surface area contributed by atoms with E-state index in [4.69, 9.17) is 27.9 Å². The number of hydrogen-bond acceptors (Lipinski definition) is 2. The molecule has 0 heterocycles. The molecule has 1 atom stereocenters. The van der Waals surface area contributed by atoms with Crippen molar-refractivity contribution in [1.82, 2.24) is 0 Å². The van der Waals surface area contributed by atoms with Crippen LogP contribution in [0.3, 0.4) is 0 Å². The molecule has 3 nitrogen and oxygen atoms in total. The standard InChI is InChI=1S/C12H13Cl2NO2/c1-2-17-10-6-4-3-5-9(10)15-11(16)8-7-12(8,13)14/h3-6,8H,2,7H2,1H3,(H,15,16). The zero-order valence-corrected chi connectivity index (χ0v) is 10.9. The van der Waals surface area contributed by atoms with Gasteiger partial charge in [-0.2, -0.15) is 0 Å². The number of nitrogens with one attached hydrogen (secondary N) is 1. The Labute approximate surface area is 110 Å². The summed E-state index contributed by atoms with van der Waals surface area (Å²) in [7, 11) is 0. The van der Waals surface area contributed by atoms with Crippen LogP contribution in [0.1, 0.15) is 13.3 Å². The van der Waals surface area contributed by atoms with Gasteiger partial charge in [-0.15, -0.1) is 23.2 Å². The predicted octanol–water partition coefficient (Wildman–Crippen LogP) is 3.22. The Balaban J connectivity index is 2.06. The van der Waals surface area contributed by atoms with Gasteiger partial charge in [0.25, 0.3) is 0 Å². The van der Waals surface area contributed by atoms with E-state index in [1.54, 1.807) is 12.1 Å². The van der Waals surface area contributed by atoms with Gasteiger partial charge in [0.15, 0.2) is 0 Å². The van der Waals surface area contributed by atoms with Gasteiger partial charge in [0.05, 0.1) is 18.2 Å². The zero-order valence-electron chi connectivity index (χ0n) is 9.37. The summed E-state index contributed by atoms with van der Waals surface area (Å²) >= 11 is 11.7. The summed E-state index contributed by atoms with van der Waals surface area (Å²) in [6.07, 6.45) is 0.499. The van der Waals surface area contributed by atoms with Crippen molar-refractivity contribution >= 4 is 34.8 Å². The molecule has 1 saturated carbocycles. The zero-order chi connectivity index (χ0) is 12.5. The minimum atomic E-state index is -0.898. The maximum absolute atomic E-state index is 11.8. The van der Waals surface area contributed by atoms with Crippen LogP contribution in [0.4, 0.5) is 5.69 Å². The highest BCUT2D eigenvalue weighted by molar-refractivity contribution is 6.52. The van der Waals surface area contributed by atoms with E-state index in [9.17, 15) is 4.79 Å². The van der Waals surface area contributed by atoms with Gasteiger partial charge >= 0.3 is 0 Å². The highest BCUT2D eigenvalue weighted by Gasteiger charge is 2.56.